The molecule has 0 spiro atoms. The van der Waals surface area contributed by atoms with Gasteiger partial charge in [0.2, 0.25) is 9.70 Å². The summed E-state index contributed by atoms with van der Waals surface area (Å²) in [5.74, 6) is 1.17. The molecule has 3 heterocycles. The molecule has 10 nitrogen and oxygen atoms in total. The van der Waals surface area contributed by atoms with Gasteiger partial charge in [0.1, 0.15) is 18.3 Å². The van der Waals surface area contributed by atoms with Gasteiger partial charge in [0.05, 0.1) is 18.1 Å². The molecule has 0 radical (unpaired) electrons. The number of rotatable bonds is 10. The van der Waals surface area contributed by atoms with Crippen molar-refractivity contribution in [3.63, 3.8) is 0 Å². The first-order valence-corrected chi connectivity index (χ1v) is 17.4. The number of amides is 1. The number of nitrogens with one attached hydrogen (secondary N) is 2. The van der Waals surface area contributed by atoms with Crippen LogP contribution in [0.15, 0.2) is 23.8 Å². The largest absolute Gasteiger partial charge is 0.456 e. The first kappa shape index (κ1) is 37.1. The molecule has 3 aliphatic rings. The second-order valence-corrected chi connectivity index (χ2v) is 16.0. The normalized spacial score (nSPS) is 33.5. The first-order chi connectivity index (χ1) is 20.4. The van der Waals surface area contributed by atoms with E-state index in [0.717, 1.165) is 18.4 Å². The van der Waals surface area contributed by atoms with Crippen molar-refractivity contribution in [2.24, 2.45) is 11.8 Å². The lowest BCUT2D eigenvalue weighted by Gasteiger charge is -2.37. The van der Waals surface area contributed by atoms with E-state index in [0.29, 0.717) is 44.2 Å². The molecule has 3 N–H and O–H groups in total. The maximum absolute atomic E-state index is 13.3. The lowest BCUT2D eigenvalue weighted by Crippen LogP contribution is -2.49. The zero-order valence-electron chi connectivity index (χ0n) is 25.3. The minimum absolute atomic E-state index is 0.00138. The summed E-state index contributed by atoms with van der Waals surface area (Å²) in [7, 11) is -4.62. The van der Waals surface area contributed by atoms with Crippen LogP contribution in [0.3, 0.4) is 0 Å². The zero-order chi connectivity index (χ0) is 32.9. The molecule has 2 saturated heterocycles. The van der Waals surface area contributed by atoms with E-state index in [9.17, 15) is 23.1 Å². The van der Waals surface area contributed by atoms with Crippen LogP contribution in [-0.2, 0) is 33.6 Å². The quantitative estimate of drug-likeness (QED) is 0.0762. The summed E-state index contributed by atoms with van der Waals surface area (Å²) in [4.78, 5) is 25.1. The van der Waals surface area contributed by atoms with E-state index in [4.69, 9.17) is 54.9 Å². The second kappa shape index (κ2) is 15.5. The molecule has 0 aromatic rings. The fourth-order valence-corrected chi connectivity index (χ4v) is 7.63. The van der Waals surface area contributed by atoms with Crippen LogP contribution in [0.4, 0.5) is 0 Å². The van der Waals surface area contributed by atoms with Crippen molar-refractivity contribution in [1.29, 1.82) is 0 Å². The number of aliphatic hydroxyl groups is 1. The number of fused-ring (bicyclic) bond motifs is 1. The topological polar surface area (TPSA) is 140 Å². The van der Waals surface area contributed by atoms with Crippen LogP contribution in [-0.4, -0.2) is 71.8 Å². The van der Waals surface area contributed by atoms with Crippen molar-refractivity contribution in [2.45, 2.75) is 118 Å². The number of alkyl halides is 3. The van der Waals surface area contributed by atoms with Gasteiger partial charge in [0, 0.05) is 30.5 Å². The molecule has 0 aromatic carbocycles. The molecule has 2 bridgehead atoms. The Morgan fingerprint density at radius 2 is 2.05 bits per heavy atom. The van der Waals surface area contributed by atoms with Gasteiger partial charge in [-0.2, -0.15) is 13.1 Å². The Labute approximate surface area is 275 Å². The van der Waals surface area contributed by atoms with E-state index < -0.39 is 68.5 Å². The van der Waals surface area contributed by atoms with Crippen molar-refractivity contribution in [3.8, 4) is 12.3 Å². The van der Waals surface area contributed by atoms with Crippen molar-refractivity contribution >= 4 is 57.0 Å². The summed E-state index contributed by atoms with van der Waals surface area (Å²) in [6, 6.07) is -0.947. The van der Waals surface area contributed by atoms with Gasteiger partial charge in [-0.25, -0.2) is 8.98 Å². The fraction of sp³-hybridized carbons (Fsp3) is 0.733. The molecular formula is C30H43Cl3N2O8S. The van der Waals surface area contributed by atoms with Crippen molar-refractivity contribution in [2.75, 3.05) is 6.54 Å². The average molecular weight is 698 g/mol. The Bertz CT molecular complexity index is 1240. The maximum Gasteiger partial charge on any atom is 0.336 e. The molecule has 2 fully saturated rings. The average Bonchev–Trinajstić information content (AvgIpc) is 3.35. The first-order valence-electron chi connectivity index (χ1n) is 14.9. The van der Waals surface area contributed by atoms with Crippen LogP contribution in [0.1, 0.15) is 78.6 Å². The summed E-state index contributed by atoms with van der Waals surface area (Å²) >= 11 is 18.1. The van der Waals surface area contributed by atoms with Gasteiger partial charge in [-0.05, 0) is 64.7 Å². The summed E-state index contributed by atoms with van der Waals surface area (Å²) in [6.45, 7) is 9.66. The Morgan fingerprint density at radius 3 is 2.70 bits per heavy atom. The number of halogens is 3. The number of terminal acetylenes is 1. The molecule has 0 aromatic heterocycles. The molecule has 1 amide bonds. The molecule has 248 valence electrons. The number of esters is 1. The number of hydrogen-bond donors (Lipinski definition) is 3. The monoisotopic (exact) mass is 696 g/mol. The molecule has 0 aliphatic carbocycles. The summed E-state index contributed by atoms with van der Waals surface area (Å²) in [5.41, 5.74) is -0.361. The number of carbonyl (C=O) groups excluding carboxylic acids is 2. The Morgan fingerprint density at radius 1 is 1.34 bits per heavy atom. The number of hydrogen-bond acceptors (Lipinski definition) is 8. The van der Waals surface area contributed by atoms with E-state index in [1.54, 1.807) is 13.0 Å². The van der Waals surface area contributed by atoms with Gasteiger partial charge >= 0.3 is 16.3 Å². The molecular weight excluding hydrogens is 655 g/mol. The van der Waals surface area contributed by atoms with Crippen LogP contribution >= 0.6 is 34.8 Å². The predicted molar refractivity (Wildman–Crippen MR) is 169 cm³/mol. The van der Waals surface area contributed by atoms with E-state index in [1.165, 1.54) is 0 Å². The van der Waals surface area contributed by atoms with Crippen molar-refractivity contribution in [1.82, 2.24) is 10.0 Å². The third-order valence-corrected chi connectivity index (χ3v) is 10.2. The molecule has 8 atom stereocenters. The highest BCUT2D eigenvalue weighted by molar-refractivity contribution is 7.84. The Balaban J connectivity index is 1.78. The van der Waals surface area contributed by atoms with Crippen molar-refractivity contribution in [3.05, 3.63) is 23.8 Å². The van der Waals surface area contributed by atoms with Crippen LogP contribution in [0.2, 0.25) is 0 Å². The molecule has 3 aliphatic heterocycles. The van der Waals surface area contributed by atoms with Gasteiger partial charge in [-0.15, -0.1) is 12.3 Å². The minimum atomic E-state index is -4.62. The van der Waals surface area contributed by atoms with Gasteiger partial charge in [-0.3, -0.25) is 4.79 Å². The Kier molecular flexibility index (Phi) is 13.1. The second-order valence-electron chi connectivity index (χ2n) is 12.3. The van der Waals surface area contributed by atoms with Crippen LogP contribution in [0.5, 0.6) is 0 Å². The van der Waals surface area contributed by atoms with Gasteiger partial charge < -0.3 is 19.9 Å². The molecule has 0 saturated carbocycles. The van der Waals surface area contributed by atoms with E-state index in [2.05, 4.69) is 22.5 Å². The fourth-order valence-electron chi connectivity index (χ4n) is 6.01. The summed E-state index contributed by atoms with van der Waals surface area (Å²) in [5, 5.41) is 14.3. The third-order valence-electron chi connectivity index (χ3n) is 8.41. The van der Waals surface area contributed by atoms with Crippen molar-refractivity contribution < 1.29 is 36.8 Å². The number of allylic oxidation sites excluding steroid dienone is 1. The summed E-state index contributed by atoms with van der Waals surface area (Å²) < 4.78 is 44.1. The van der Waals surface area contributed by atoms with Crippen LogP contribution in [0, 0.1) is 24.2 Å². The summed E-state index contributed by atoms with van der Waals surface area (Å²) in [6.07, 6.45) is 7.34. The zero-order valence-corrected chi connectivity index (χ0v) is 28.4. The molecule has 3 rings (SSSR count). The highest BCUT2D eigenvalue weighted by atomic mass is 35.6. The van der Waals surface area contributed by atoms with Gasteiger partial charge in [0.25, 0.3) is 0 Å². The highest BCUT2D eigenvalue weighted by Gasteiger charge is 2.54. The highest BCUT2D eigenvalue weighted by Crippen LogP contribution is 2.45. The minimum Gasteiger partial charge on any atom is -0.456 e. The predicted octanol–water partition coefficient (Wildman–Crippen LogP) is 4.42. The van der Waals surface area contributed by atoms with Gasteiger partial charge in [0.15, 0.2) is 0 Å². The molecule has 44 heavy (non-hydrogen) atoms. The SMILES string of the molecule is C#CCCCCNC(=O)C[C@@H](OS(=O)(=O)NC1/C=C(\C)CCC[C@@H](C)[C@@H]2OC(=O)C(=C)[C@@H]3C[C@H](O[C@@H]23)[C@](C)(O)C1)C(Cl)(Cl)Cl. The van der Waals surface area contributed by atoms with E-state index in [-0.39, 0.29) is 18.3 Å². The lowest BCUT2D eigenvalue weighted by atomic mass is 9.79. The van der Waals surface area contributed by atoms with Crippen LogP contribution < -0.4 is 10.0 Å². The maximum atomic E-state index is 13.3. The third kappa shape index (κ3) is 10.3. The van der Waals surface area contributed by atoms with E-state index in [1.807, 2.05) is 13.8 Å². The molecule has 1 unspecified atom stereocenters. The number of ether oxygens (including phenoxy) is 2. The smallest absolute Gasteiger partial charge is 0.336 e. The standard InChI is InChI=1S/C30H43Cl3N2O8S/c1-6-7-8-9-13-34-25(36)16-24(30(31,32)33)43-44(39,40)35-21-14-18(2)11-10-12-19(3)26-27-22(20(4)28(37)42-26)15-23(41-27)29(5,38)17-21/h1,14,19,21-24,26-27,35,38H,4,7-13,15-17H2,2-3,5H3,(H,34,36)/b18-14+/t19-,21?,22+,23+,24-,26+,27-,29-/m1/s1. The molecule has 14 heteroatoms. The number of unbranched alkanes of at least 4 members (excludes halogenated alkanes) is 2. The Hall–Kier alpha value is -1.36. The van der Waals surface area contributed by atoms with Gasteiger partial charge in [-0.1, -0.05) is 60.0 Å². The number of carbonyl (C=O) groups is 2. The van der Waals surface area contributed by atoms with Crippen LogP contribution in [0.25, 0.3) is 0 Å². The van der Waals surface area contributed by atoms with E-state index >= 15 is 0 Å². The lowest BCUT2D eigenvalue weighted by molar-refractivity contribution is -0.174.